The van der Waals surface area contributed by atoms with Crippen molar-refractivity contribution in [3.8, 4) is 11.5 Å². The lowest BCUT2D eigenvalue weighted by Crippen LogP contribution is -2.21. The van der Waals surface area contributed by atoms with Crippen LogP contribution in [0.1, 0.15) is 5.56 Å². The molecule has 0 aliphatic heterocycles. The summed E-state index contributed by atoms with van der Waals surface area (Å²) in [5, 5.41) is 3.31. The van der Waals surface area contributed by atoms with Crippen LogP contribution in [0.15, 0.2) is 54.6 Å². The van der Waals surface area contributed by atoms with Crippen LogP contribution >= 0.6 is 12.4 Å². The van der Waals surface area contributed by atoms with E-state index in [1.807, 2.05) is 36.4 Å². The number of carbonyl (C=O) groups is 1. The largest absolute Gasteiger partial charge is 0.488 e. The molecule has 2 aromatic rings. The molecule has 0 amide bonds. The van der Waals surface area contributed by atoms with Gasteiger partial charge in [-0.25, -0.2) is 4.79 Å². The molecule has 0 saturated heterocycles. The van der Waals surface area contributed by atoms with E-state index in [0.717, 1.165) is 6.54 Å². The van der Waals surface area contributed by atoms with E-state index in [9.17, 15) is 4.79 Å². The number of para-hydroxylation sites is 2. The monoisotopic (exact) mass is 351 g/mol. The molecule has 0 aliphatic rings. The summed E-state index contributed by atoms with van der Waals surface area (Å²) in [4.78, 5) is 11.1. The number of carbonyl (C=O) groups excluding carboxylic acids is 1. The van der Waals surface area contributed by atoms with Crippen LogP contribution in [0.5, 0.6) is 11.5 Å². The van der Waals surface area contributed by atoms with Gasteiger partial charge in [-0.2, -0.15) is 0 Å². The van der Waals surface area contributed by atoms with E-state index >= 15 is 0 Å². The minimum Gasteiger partial charge on any atom is -0.488 e. The number of benzene rings is 2. The van der Waals surface area contributed by atoms with Crippen LogP contribution in [0.3, 0.4) is 0 Å². The molecule has 0 fully saturated rings. The van der Waals surface area contributed by atoms with Gasteiger partial charge in [0.1, 0.15) is 6.61 Å². The quantitative estimate of drug-likeness (QED) is 0.556. The molecule has 0 saturated carbocycles. The van der Waals surface area contributed by atoms with E-state index in [0.29, 0.717) is 24.7 Å². The first-order chi connectivity index (χ1) is 11.3. The zero-order valence-electron chi connectivity index (χ0n) is 13.6. The number of hydrogen-bond acceptors (Lipinski definition) is 5. The maximum atomic E-state index is 11.1. The van der Waals surface area contributed by atoms with Crippen molar-refractivity contribution in [1.29, 1.82) is 0 Å². The van der Waals surface area contributed by atoms with Gasteiger partial charge in [0, 0.05) is 13.1 Å². The van der Waals surface area contributed by atoms with Crippen molar-refractivity contribution in [2.75, 3.05) is 26.9 Å². The highest BCUT2D eigenvalue weighted by Crippen LogP contribution is 2.26. The lowest BCUT2D eigenvalue weighted by molar-refractivity contribution is -0.142. The molecule has 0 bridgehead atoms. The number of rotatable bonds is 9. The Morgan fingerprint density at radius 3 is 2.25 bits per heavy atom. The Kier molecular flexibility index (Phi) is 9.34. The molecular formula is C18H22ClNO4. The van der Waals surface area contributed by atoms with Gasteiger partial charge in [0.15, 0.2) is 18.1 Å². The van der Waals surface area contributed by atoms with Crippen molar-refractivity contribution in [2.24, 2.45) is 0 Å². The van der Waals surface area contributed by atoms with Crippen molar-refractivity contribution < 1.29 is 19.0 Å². The summed E-state index contributed by atoms with van der Waals surface area (Å²) in [7, 11) is 1.33. The van der Waals surface area contributed by atoms with Gasteiger partial charge >= 0.3 is 5.97 Å². The lowest BCUT2D eigenvalue weighted by Gasteiger charge is -2.12. The van der Waals surface area contributed by atoms with Gasteiger partial charge in [-0.05, 0) is 17.7 Å². The predicted molar refractivity (Wildman–Crippen MR) is 94.8 cm³/mol. The summed E-state index contributed by atoms with van der Waals surface area (Å²) in [6.45, 7) is 1.87. The Labute approximate surface area is 148 Å². The van der Waals surface area contributed by atoms with Crippen molar-refractivity contribution in [3.63, 3.8) is 0 Å². The second-order valence-corrected chi connectivity index (χ2v) is 4.82. The molecule has 130 valence electrons. The van der Waals surface area contributed by atoms with Gasteiger partial charge in [-0.1, -0.05) is 42.5 Å². The number of methoxy groups -OCH3 is 1. The maximum Gasteiger partial charge on any atom is 0.343 e. The van der Waals surface area contributed by atoms with Crippen LogP contribution < -0.4 is 14.8 Å². The fraction of sp³-hybridized carbons (Fsp3) is 0.278. The number of halogens is 1. The van der Waals surface area contributed by atoms with Gasteiger partial charge in [0.25, 0.3) is 0 Å². The van der Waals surface area contributed by atoms with E-state index in [2.05, 4.69) is 22.2 Å². The van der Waals surface area contributed by atoms with Crippen molar-refractivity contribution >= 4 is 18.4 Å². The Morgan fingerprint density at radius 2 is 1.58 bits per heavy atom. The topological polar surface area (TPSA) is 56.8 Å². The molecular weight excluding hydrogens is 330 g/mol. The van der Waals surface area contributed by atoms with Gasteiger partial charge in [0.2, 0.25) is 0 Å². The van der Waals surface area contributed by atoms with Gasteiger partial charge in [-0.15, -0.1) is 12.4 Å². The molecule has 0 spiro atoms. The maximum absolute atomic E-state index is 11.1. The summed E-state index contributed by atoms with van der Waals surface area (Å²) in [5.41, 5.74) is 1.23. The second-order valence-electron chi connectivity index (χ2n) is 4.82. The Balaban J connectivity index is 0.00000288. The van der Waals surface area contributed by atoms with Gasteiger partial charge < -0.3 is 19.5 Å². The van der Waals surface area contributed by atoms with Crippen LogP contribution in [-0.2, 0) is 16.1 Å². The minimum absolute atomic E-state index is 0. The van der Waals surface area contributed by atoms with Crippen molar-refractivity contribution in [2.45, 2.75) is 6.54 Å². The zero-order valence-corrected chi connectivity index (χ0v) is 14.4. The van der Waals surface area contributed by atoms with Crippen molar-refractivity contribution in [1.82, 2.24) is 5.32 Å². The fourth-order valence-electron chi connectivity index (χ4n) is 1.95. The molecule has 1 N–H and O–H groups in total. The summed E-state index contributed by atoms with van der Waals surface area (Å²) >= 11 is 0. The Bertz CT molecular complexity index is 607. The highest BCUT2D eigenvalue weighted by atomic mass is 35.5. The molecule has 24 heavy (non-hydrogen) atoms. The molecule has 0 aromatic heterocycles. The molecule has 0 unspecified atom stereocenters. The SMILES string of the molecule is COC(=O)COc1ccccc1OCCNCc1ccccc1.Cl. The number of nitrogens with one attached hydrogen (secondary N) is 1. The van der Waals surface area contributed by atoms with E-state index in [1.54, 1.807) is 6.07 Å². The first kappa shape index (κ1) is 19.8. The van der Waals surface area contributed by atoms with Crippen LogP contribution in [-0.4, -0.2) is 32.8 Å². The first-order valence-corrected chi connectivity index (χ1v) is 7.45. The summed E-state index contributed by atoms with van der Waals surface area (Å²) < 4.78 is 15.6. The van der Waals surface area contributed by atoms with Crippen LogP contribution in [0, 0.1) is 0 Å². The number of hydrogen-bond donors (Lipinski definition) is 1. The van der Waals surface area contributed by atoms with E-state index in [4.69, 9.17) is 9.47 Å². The zero-order chi connectivity index (χ0) is 16.3. The van der Waals surface area contributed by atoms with Gasteiger partial charge in [-0.3, -0.25) is 0 Å². The second kappa shape index (κ2) is 11.3. The van der Waals surface area contributed by atoms with Crippen LogP contribution in [0.4, 0.5) is 0 Å². The standard InChI is InChI=1S/C18H21NO4.ClH/c1-21-18(20)14-23-17-10-6-5-9-16(17)22-12-11-19-13-15-7-3-2-4-8-15;/h2-10,19H,11-14H2,1H3;1H. The normalized spacial score (nSPS) is 9.71. The molecule has 2 rings (SSSR count). The highest BCUT2D eigenvalue weighted by Gasteiger charge is 2.07. The Hall–Kier alpha value is -2.24. The molecule has 2 aromatic carbocycles. The van der Waals surface area contributed by atoms with Crippen LogP contribution in [0.25, 0.3) is 0 Å². The average molecular weight is 352 g/mol. The number of esters is 1. The van der Waals surface area contributed by atoms with E-state index in [-0.39, 0.29) is 19.0 Å². The third-order valence-electron chi connectivity index (χ3n) is 3.13. The van der Waals surface area contributed by atoms with Crippen molar-refractivity contribution in [3.05, 3.63) is 60.2 Å². The Morgan fingerprint density at radius 1 is 0.958 bits per heavy atom. The smallest absolute Gasteiger partial charge is 0.343 e. The first-order valence-electron chi connectivity index (χ1n) is 7.45. The summed E-state index contributed by atoms with van der Waals surface area (Å²) in [5.74, 6) is 0.711. The fourth-order valence-corrected chi connectivity index (χ4v) is 1.95. The van der Waals surface area contributed by atoms with Gasteiger partial charge in [0.05, 0.1) is 7.11 Å². The minimum atomic E-state index is -0.427. The van der Waals surface area contributed by atoms with E-state index in [1.165, 1.54) is 12.7 Å². The third-order valence-corrected chi connectivity index (χ3v) is 3.13. The average Bonchev–Trinajstić information content (AvgIpc) is 2.61. The molecule has 5 nitrogen and oxygen atoms in total. The van der Waals surface area contributed by atoms with Crippen LogP contribution in [0.2, 0.25) is 0 Å². The lowest BCUT2D eigenvalue weighted by atomic mass is 10.2. The summed E-state index contributed by atoms with van der Waals surface area (Å²) in [6, 6.07) is 17.4. The molecule has 6 heteroatoms. The highest BCUT2D eigenvalue weighted by molar-refractivity contribution is 5.85. The number of ether oxygens (including phenoxy) is 3. The summed E-state index contributed by atoms with van der Waals surface area (Å²) in [6.07, 6.45) is 0. The third kappa shape index (κ3) is 6.89. The predicted octanol–water partition coefficient (Wildman–Crippen LogP) is 2.83. The molecule has 0 heterocycles. The molecule has 0 aliphatic carbocycles. The molecule has 0 radical (unpaired) electrons. The van der Waals surface area contributed by atoms with E-state index < -0.39 is 5.97 Å². The molecule has 0 atom stereocenters.